The Morgan fingerprint density at radius 1 is 0.812 bits per heavy atom. The van der Waals surface area contributed by atoms with Crippen molar-refractivity contribution in [3.8, 4) is 0 Å². The lowest BCUT2D eigenvalue weighted by Crippen LogP contribution is -2.56. The summed E-state index contributed by atoms with van der Waals surface area (Å²) in [7, 11) is 0. The Balaban J connectivity index is 2.11. The van der Waals surface area contributed by atoms with Crippen LogP contribution < -0.4 is 21.3 Å². The van der Waals surface area contributed by atoms with E-state index in [-0.39, 0.29) is 23.6 Å². The van der Waals surface area contributed by atoms with Crippen molar-refractivity contribution in [3.05, 3.63) is 35.9 Å². The Morgan fingerprint density at radius 2 is 1.47 bits per heavy atom. The Bertz CT molecular complexity index is 723. The van der Waals surface area contributed by atoms with Crippen LogP contribution in [-0.4, -0.2) is 48.9 Å². The zero-order valence-electron chi connectivity index (χ0n) is 19.8. The summed E-state index contributed by atoms with van der Waals surface area (Å²) in [5.41, 5.74) is 1.07. The first-order valence-corrected chi connectivity index (χ1v) is 12.0. The molecule has 0 unspecified atom stereocenters. The lowest BCUT2D eigenvalue weighted by atomic mass is 10.0. The highest BCUT2D eigenvalue weighted by atomic mass is 16.2. The second-order valence-electron chi connectivity index (χ2n) is 9.18. The number of rotatable bonds is 4. The minimum atomic E-state index is -0.735. The normalized spacial score (nSPS) is 24.9. The van der Waals surface area contributed by atoms with Crippen LogP contribution in [0.15, 0.2) is 30.3 Å². The Hall–Kier alpha value is -2.41. The van der Waals surface area contributed by atoms with Gasteiger partial charge in [-0.3, -0.25) is 14.4 Å². The topological polar surface area (TPSA) is 99.3 Å². The number of carbonyl (C=O) groups excluding carboxylic acids is 3. The van der Waals surface area contributed by atoms with Crippen molar-refractivity contribution < 1.29 is 14.4 Å². The third-order valence-electron chi connectivity index (χ3n) is 5.73. The number of carbonyl (C=O) groups is 3. The zero-order valence-corrected chi connectivity index (χ0v) is 19.8. The summed E-state index contributed by atoms with van der Waals surface area (Å²) in [5.74, 6) is -0.448. The van der Waals surface area contributed by atoms with E-state index in [1.54, 1.807) is 6.92 Å². The summed E-state index contributed by atoms with van der Waals surface area (Å²) in [5, 5.41) is 12.0. The molecule has 0 radical (unpaired) electrons. The van der Waals surface area contributed by atoms with E-state index in [1.807, 2.05) is 44.2 Å². The third kappa shape index (κ3) is 9.39. The second kappa shape index (κ2) is 13.9. The molecule has 3 atom stereocenters. The fraction of sp³-hybridized carbons (Fsp3) is 0.640. The van der Waals surface area contributed by atoms with Gasteiger partial charge < -0.3 is 21.3 Å². The van der Waals surface area contributed by atoms with Gasteiger partial charge in [0, 0.05) is 6.54 Å². The molecule has 2 rings (SSSR count). The zero-order chi connectivity index (χ0) is 23.3. The molecular weight excluding hydrogens is 404 g/mol. The van der Waals surface area contributed by atoms with Crippen LogP contribution in [0.2, 0.25) is 0 Å². The SMILES string of the molecule is CC(C)C[C@@H]1NC(=O)[C@H](C)NC(=O)[C@H](Cc2ccccc2)NCCCCCCCNC1=O. The maximum Gasteiger partial charge on any atom is 0.242 e. The first kappa shape index (κ1) is 25.8. The average Bonchev–Trinajstić information content (AvgIpc) is 2.76. The van der Waals surface area contributed by atoms with Gasteiger partial charge in [0.25, 0.3) is 0 Å². The van der Waals surface area contributed by atoms with E-state index in [0.717, 1.165) is 44.2 Å². The van der Waals surface area contributed by atoms with Crippen molar-refractivity contribution in [2.24, 2.45) is 5.92 Å². The molecule has 7 heteroatoms. The van der Waals surface area contributed by atoms with Gasteiger partial charge in [0.2, 0.25) is 17.7 Å². The maximum atomic E-state index is 13.0. The van der Waals surface area contributed by atoms with Gasteiger partial charge in [-0.05, 0) is 50.6 Å². The van der Waals surface area contributed by atoms with E-state index in [9.17, 15) is 14.4 Å². The number of amides is 3. The molecule has 1 aliphatic rings. The molecule has 1 aromatic rings. The molecule has 4 N–H and O–H groups in total. The van der Waals surface area contributed by atoms with Crippen LogP contribution in [0.5, 0.6) is 0 Å². The van der Waals surface area contributed by atoms with Crippen LogP contribution in [0.1, 0.15) is 64.9 Å². The summed E-state index contributed by atoms with van der Waals surface area (Å²) in [6, 6.07) is 8.12. The lowest BCUT2D eigenvalue weighted by molar-refractivity contribution is -0.132. The van der Waals surface area contributed by atoms with E-state index in [1.165, 1.54) is 0 Å². The van der Waals surface area contributed by atoms with Crippen molar-refractivity contribution in [2.75, 3.05) is 13.1 Å². The summed E-state index contributed by atoms with van der Waals surface area (Å²) in [6.45, 7) is 7.07. The predicted octanol–water partition coefficient (Wildman–Crippen LogP) is 2.30. The van der Waals surface area contributed by atoms with Crippen molar-refractivity contribution >= 4 is 17.7 Å². The van der Waals surface area contributed by atoms with Gasteiger partial charge in [-0.2, -0.15) is 0 Å². The molecule has 0 saturated carbocycles. The number of benzene rings is 1. The monoisotopic (exact) mass is 444 g/mol. The molecule has 178 valence electrons. The maximum absolute atomic E-state index is 13.0. The molecule has 3 amide bonds. The van der Waals surface area contributed by atoms with E-state index in [4.69, 9.17) is 0 Å². The van der Waals surface area contributed by atoms with Gasteiger partial charge in [0.15, 0.2) is 0 Å². The first-order valence-electron chi connectivity index (χ1n) is 12.0. The highest BCUT2D eigenvalue weighted by Crippen LogP contribution is 2.08. The molecule has 0 aromatic heterocycles. The standard InChI is InChI=1S/C25H40N4O3/c1-18(2)16-22-24(31)27-15-11-6-4-5-10-14-26-21(17-20-12-8-7-9-13-20)25(32)28-19(3)23(30)29-22/h7-9,12-13,18-19,21-22,26H,4-6,10-11,14-17H2,1-3H3,(H,27,31)(H,28,32)(H,29,30)/t19-,21-,22-/m0/s1. The van der Waals surface area contributed by atoms with Crippen molar-refractivity contribution in [1.82, 2.24) is 21.3 Å². The minimum absolute atomic E-state index is 0.154. The summed E-state index contributed by atoms with van der Waals surface area (Å²) >= 11 is 0. The van der Waals surface area contributed by atoms with Crippen LogP contribution in [0.4, 0.5) is 0 Å². The molecule has 7 nitrogen and oxygen atoms in total. The second-order valence-corrected chi connectivity index (χ2v) is 9.18. The van der Waals surface area contributed by atoms with Gasteiger partial charge >= 0.3 is 0 Å². The predicted molar refractivity (Wildman–Crippen MR) is 127 cm³/mol. The fourth-order valence-corrected chi connectivity index (χ4v) is 3.88. The molecule has 1 fully saturated rings. The van der Waals surface area contributed by atoms with E-state index in [0.29, 0.717) is 19.4 Å². The third-order valence-corrected chi connectivity index (χ3v) is 5.73. The van der Waals surface area contributed by atoms with E-state index >= 15 is 0 Å². The number of hydrogen-bond donors (Lipinski definition) is 4. The number of nitrogens with one attached hydrogen (secondary N) is 4. The smallest absolute Gasteiger partial charge is 0.242 e. The van der Waals surface area contributed by atoms with Gasteiger partial charge in [-0.1, -0.05) is 63.4 Å². The molecule has 0 aliphatic carbocycles. The summed E-state index contributed by atoms with van der Waals surface area (Å²) < 4.78 is 0. The van der Waals surface area contributed by atoms with E-state index < -0.39 is 18.1 Å². The quantitative estimate of drug-likeness (QED) is 0.573. The molecule has 0 spiro atoms. The minimum Gasteiger partial charge on any atom is -0.354 e. The van der Waals surface area contributed by atoms with Gasteiger partial charge in [-0.15, -0.1) is 0 Å². The molecule has 1 aliphatic heterocycles. The lowest BCUT2D eigenvalue weighted by Gasteiger charge is -2.24. The van der Waals surface area contributed by atoms with Crippen LogP contribution in [0, 0.1) is 5.92 Å². The number of hydrogen-bond acceptors (Lipinski definition) is 4. The Kier molecular flexibility index (Phi) is 11.2. The van der Waals surface area contributed by atoms with Crippen LogP contribution in [-0.2, 0) is 20.8 Å². The first-order chi connectivity index (χ1) is 15.4. The Morgan fingerprint density at radius 3 is 2.16 bits per heavy atom. The summed E-state index contributed by atoms with van der Waals surface area (Å²) in [6.07, 6.45) is 6.23. The Labute approximate surface area is 192 Å². The van der Waals surface area contributed by atoms with Crippen LogP contribution in [0.25, 0.3) is 0 Å². The van der Waals surface area contributed by atoms with Crippen LogP contribution >= 0.6 is 0 Å². The highest BCUT2D eigenvalue weighted by molar-refractivity contribution is 5.92. The summed E-state index contributed by atoms with van der Waals surface area (Å²) in [4.78, 5) is 38.4. The molecule has 1 heterocycles. The molecular formula is C25H40N4O3. The highest BCUT2D eigenvalue weighted by Gasteiger charge is 2.27. The van der Waals surface area contributed by atoms with Crippen LogP contribution in [0.3, 0.4) is 0 Å². The van der Waals surface area contributed by atoms with Gasteiger partial charge in [-0.25, -0.2) is 0 Å². The molecule has 1 saturated heterocycles. The van der Waals surface area contributed by atoms with Crippen molar-refractivity contribution in [1.29, 1.82) is 0 Å². The van der Waals surface area contributed by atoms with Crippen molar-refractivity contribution in [3.63, 3.8) is 0 Å². The molecule has 32 heavy (non-hydrogen) atoms. The largest absolute Gasteiger partial charge is 0.354 e. The average molecular weight is 445 g/mol. The molecule has 0 bridgehead atoms. The van der Waals surface area contributed by atoms with Gasteiger partial charge in [0.1, 0.15) is 12.1 Å². The van der Waals surface area contributed by atoms with Gasteiger partial charge in [0.05, 0.1) is 6.04 Å². The van der Waals surface area contributed by atoms with E-state index in [2.05, 4.69) is 21.3 Å². The van der Waals surface area contributed by atoms with Crippen molar-refractivity contribution in [2.45, 2.75) is 83.8 Å². The molecule has 1 aromatic carbocycles. The fourth-order valence-electron chi connectivity index (χ4n) is 3.88.